The molecule has 1 unspecified atom stereocenters. The minimum Gasteiger partial charge on any atom is -0.360 e. The van der Waals surface area contributed by atoms with Crippen molar-refractivity contribution in [2.24, 2.45) is 5.92 Å². The monoisotopic (exact) mass is 391 g/mol. The first-order chi connectivity index (χ1) is 12.8. The van der Waals surface area contributed by atoms with Gasteiger partial charge in [-0.25, -0.2) is 13.1 Å². The Kier molecular flexibility index (Phi) is 6.34. The molecule has 2 aromatic rings. The zero-order valence-electron chi connectivity index (χ0n) is 16.3. The molecule has 1 N–H and O–H groups in total. The lowest BCUT2D eigenvalue weighted by molar-refractivity contribution is 0.194. The smallest absolute Gasteiger partial charge is 0.245 e. The van der Waals surface area contributed by atoms with Crippen LogP contribution < -0.4 is 4.72 Å². The largest absolute Gasteiger partial charge is 0.360 e. The Morgan fingerprint density at radius 1 is 1.26 bits per heavy atom. The summed E-state index contributed by atoms with van der Waals surface area (Å²) < 4.78 is 32.8. The van der Waals surface area contributed by atoms with Crippen LogP contribution in [0.3, 0.4) is 0 Å². The molecule has 1 saturated heterocycles. The summed E-state index contributed by atoms with van der Waals surface area (Å²) in [5.41, 5.74) is 2.63. The van der Waals surface area contributed by atoms with Crippen LogP contribution >= 0.6 is 0 Å². The van der Waals surface area contributed by atoms with E-state index < -0.39 is 10.0 Å². The number of hydrogen-bond acceptors (Lipinski definition) is 5. The van der Waals surface area contributed by atoms with Crippen molar-refractivity contribution in [2.75, 3.05) is 13.1 Å². The molecule has 0 aliphatic carbocycles. The van der Waals surface area contributed by atoms with E-state index in [0.717, 1.165) is 32.4 Å². The van der Waals surface area contributed by atoms with Crippen LogP contribution in [0.2, 0.25) is 0 Å². The molecule has 148 valence electrons. The zero-order chi connectivity index (χ0) is 19.4. The molecule has 1 aromatic carbocycles. The predicted molar refractivity (Wildman–Crippen MR) is 105 cm³/mol. The van der Waals surface area contributed by atoms with E-state index in [0.29, 0.717) is 18.2 Å². The standard InChI is InChI=1S/C20H29N3O3S/c1-15(2)11-17-6-8-18(9-7-17)13-23-10-4-5-19(14-23)22-27(24,25)20-12-21-26-16(20)3/h6-9,12,15,19,22H,4-5,10-11,13-14H2,1-3H3. The molecule has 3 rings (SSSR count). The molecule has 1 aliphatic rings. The number of nitrogens with zero attached hydrogens (tertiary/aromatic N) is 2. The molecule has 0 spiro atoms. The third kappa shape index (κ3) is 5.40. The first-order valence-electron chi connectivity index (χ1n) is 9.57. The number of nitrogens with one attached hydrogen (secondary N) is 1. The summed E-state index contributed by atoms with van der Waals surface area (Å²) in [5.74, 6) is 0.970. The maximum atomic E-state index is 12.5. The van der Waals surface area contributed by atoms with E-state index in [-0.39, 0.29) is 10.9 Å². The Labute approximate surface area is 162 Å². The van der Waals surface area contributed by atoms with Gasteiger partial charge < -0.3 is 4.52 Å². The van der Waals surface area contributed by atoms with Gasteiger partial charge >= 0.3 is 0 Å². The summed E-state index contributed by atoms with van der Waals surface area (Å²) in [6, 6.07) is 8.68. The first-order valence-corrected chi connectivity index (χ1v) is 11.1. The highest BCUT2D eigenvalue weighted by molar-refractivity contribution is 7.89. The van der Waals surface area contributed by atoms with Gasteiger partial charge in [0.15, 0.2) is 5.76 Å². The zero-order valence-corrected chi connectivity index (χ0v) is 17.1. The van der Waals surface area contributed by atoms with Gasteiger partial charge in [0.25, 0.3) is 0 Å². The summed E-state index contributed by atoms with van der Waals surface area (Å²) >= 11 is 0. The van der Waals surface area contributed by atoms with Gasteiger partial charge in [-0.1, -0.05) is 43.3 Å². The highest BCUT2D eigenvalue weighted by atomic mass is 32.2. The second-order valence-electron chi connectivity index (χ2n) is 7.86. The highest BCUT2D eigenvalue weighted by Gasteiger charge is 2.27. The average Bonchev–Trinajstić information content (AvgIpc) is 3.03. The van der Waals surface area contributed by atoms with Gasteiger partial charge in [0.1, 0.15) is 4.90 Å². The highest BCUT2D eigenvalue weighted by Crippen LogP contribution is 2.19. The second-order valence-corrected chi connectivity index (χ2v) is 9.54. The molecule has 0 radical (unpaired) electrons. The molecule has 0 bridgehead atoms. The van der Waals surface area contributed by atoms with Crippen molar-refractivity contribution in [1.29, 1.82) is 0 Å². The third-order valence-electron chi connectivity index (χ3n) is 4.90. The van der Waals surface area contributed by atoms with Gasteiger partial charge in [-0.15, -0.1) is 0 Å². The average molecular weight is 392 g/mol. The molecule has 1 aliphatic heterocycles. The van der Waals surface area contributed by atoms with E-state index in [1.165, 1.54) is 17.3 Å². The van der Waals surface area contributed by atoms with Crippen LogP contribution in [0.15, 0.2) is 39.9 Å². The maximum Gasteiger partial charge on any atom is 0.245 e. The molecule has 2 heterocycles. The van der Waals surface area contributed by atoms with Gasteiger partial charge in [0.2, 0.25) is 10.0 Å². The first kappa shape index (κ1) is 20.0. The second kappa shape index (κ2) is 8.54. The molecule has 1 atom stereocenters. The minimum absolute atomic E-state index is 0.0988. The number of aromatic nitrogens is 1. The predicted octanol–water partition coefficient (Wildman–Crippen LogP) is 3.12. The van der Waals surface area contributed by atoms with Crippen LogP contribution in [0.4, 0.5) is 0 Å². The number of benzene rings is 1. The molecule has 7 heteroatoms. The normalized spacial score (nSPS) is 18.9. The number of rotatable bonds is 7. The van der Waals surface area contributed by atoms with Crippen molar-refractivity contribution in [3.8, 4) is 0 Å². The summed E-state index contributed by atoms with van der Waals surface area (Å²) in [6.45, 7) is 8.59. The minimum atomic E-state index is -3.59. The molecule has 0 amide bonds. The Balaban J connectivity index is 1.59. The lowest BCUT2D eigenvalue weighted by atomic mass is 10.0. The topological polar surface area (TPSA) is 75.4 Å². The van der Waals surface area contributed by atoms with Crippen LogP contribution in [0, 0.1) is 12.8 Å². The summed E-state index contributed by atoms with van der Waals surface area (Å²) in [6.07, 6.45) is 4.17. The van der Waals surface area contributed by atoms with Crippen LogP contribution in [-0.2, 0) is 23.0 Å². The Morgan fingerprint density at radius 3 is 2.59 bits per heavy atom. The fourth-order valence-electron chi connectivity index (χ4n) is 3.64. The quantitative estimate of drug-likeness (QED) is 0.785. The van der Waals surface area contributed by atoms with Crippen molar-refractivity contribution < 1.29 is 12.9 Å². The Bertz CT molecular complexity index is 844. The Hall–Kier alpha value is -1.70. The van der Waals surface area contributed by atoms with Crippen molar-refractivity contribution in [2.45, 2.75) is 57.5 Å². The molecule has 1 fully saturated rings. The van der Waals surface area contributed by atoms with Crippen molar-refractivity contribution in [3.05, 3.63) is 47.3 Å². The maximum absolute atomic E-state index is 12.5. The number of sulfonamides is 1. The third-order valence-corrected chi connectivity index (χ3v) is 6.51. The van der Waals surface area contributed by atoms with Gasteiger partial charge in [-0.2, -0.15) is 0 Å². The van der Waals surface area contributed by atoms with E-state index in [1.807, 2.05) is 0 Å². The van der Waals surface area contributed by atoms with E-state index >= 15 is 0 Å². The van der Waals surface area contributed by atoms with Crippen molar-refractivity contribution in [3.63, 3.8) is 0 Å². The van der Waals surface area contributed by atoms with Crippen LogP contribution in [0.25, 0.3) is 0 Å². The summed E-state index contributed by atoms with van der Waals surface area (Å²) in [5, 5.41) is 3.57. The number of piperidine rings is 1. The molecular weight excluding hydrogens is 362 g/mol. The van der Waals surface area contributed by atoms with Crippen LogP contribution in [-0.4, -0.2) is 37.6 Å². The van der Waals surface area contributed by atoms with Crippen molar-refractivity contribution >= 4 is 10.0 Å². The number of hydrogen-bond donors (Lipinski definition) is 1. The van der Waals surface area contributed by atoms with Gasteiger partial charge in [-0.3, -0.25) is 4.90 Å². The summed E-state index contributed by atoms with van der Waals surface area (Å²) in [7, 11) is -3.59. The van der Waals surface area contributed by atoms with Gasteiger partial charge in [-0.05, 0) is 49.8 Å². The van der Waals surface area contributed by atoms with E-state index in [1.54, 1.807) is 6.92 Å². The van der Waals surface area contributed by atoms with E-state index in [2.05, 4.69) is 52.9 Å². The van der Waals surface area contributed by atoms with Gasteiger partial charge in [0.05, 0.1) is 6.20 Å². The molecule has 0 saturated carbocycles. The van der Waals surface area contributed by atoms with Crippen LogP contribution in [0.1, 0.15) is 43.6 Å². The Morgan fingerprint density at radius 2 is 1.96 bits per heavy atom. The van der Waals surface area contributed by atoms with Crippen LogP contribution in [0.5, 0.6) is 0 Å². The fraction of sp³-hybridized carbons (Fsp3) is 0.550. The molecule has 27 heavy (non-hydrogen) atoms. The van der Waals surface area contributed by atoms with Gasteiger partial charge in [0, 0.05) is 19.1 Å². The molecule has 1 aromatic heterocycles. The summed E-state index contributed by atoms with van der Waals surface area (Å²) in [4.78, 5) is 2.44. The molecule has 6 nitrogen and oxygen atoms in total. The van der Waals surface area contributed by atoms with Crippen molar-refractivity contribution in [1.82, 2.24) is 14.8 Å². The van der Waals surface area contributed by atoms with E-state index in [9.17, 15) is 8.42 Å². The number of likely N-dealkylation sites (tertiary alicyclic amines) is 1. The molecular formula is C20H29N3O3S. The number of aryl methyl sites for hydroxylation is 1. The van der Waals surface area contributed by atoms with E-state index in [4.69, 9.17) is 4.52 Å². The fourth-order valence-corrected chi connectivity index (χ4v) is 4.99. The lowest BCUT2D eigenvalue weighted by Crippen LogP contribution is -2.47. The lowest BCUT2D eigenvalue weighted by Gasteiger charge is -2.33. The SMILES string of the molecule is Cc1oncc1S(=O)(=O)NC1CCCN(Cc2ccc(CC(C)C)cc2)C1.